The molecule has 2 amide bonds. The largest absolute Gasteiger partial charge is 0.351 e. The van der Waals surface area contributed by atoms with E-state index in [0.717, 1.165) is 32.1 Å². The Bertz CT molecular complexity index is 755. The van der Waals surface area contributed by atoms with Gasteiger partial charge in [-0.3, -0.25) is 9.59 Å². The Labute approximate surface area is 319 Å². The molecule has 0 unspecified atom stereocenters. The molecule has 2 atom stereocenters. The highest BCUT2D eigenvalue weighted by Crippen LogP contribution is 2.22. The molecule has 51 heavy (non-hydrogen) atoms. The molecule has 0 aliphatic heterocycles. The van der Waals surface area contributed by atoms with Crippen LogP contribution >= 0.6 is 0 Å². The molecule has 0 spiro atoms. The second-order valence-corrected chi connectivity index (χ2v) is 16.1. The topological polar surface area (TPSA) is 58.2 Å². The second kappa shape index (κ2) is 38.2. The number of nitrogens with one attached hydrogen (secondary N) is 2. The third-order valence-electron chi connectivity index (χ3n) is 10.8. The van der Waals surface area contributed by atoms with Crippen LogP contribution in [0.25, 0.3) is 0 Å². The first kappa shape index (κ1) is 47.4. The van der Waals surface area contributed by atoms with Gasteiger partial charge in [0.2, 0.25) is 11.8 Å². The van der Waals surface area contributed by atoms with E-state index in [0.29, 0.717) is 12.8 Å². The maximum atomic E-state index is 12.3. The van der Waals surface area contributed by atoms with Crippen LogP contribution in [0.1, 0.15) is 251 Å². The van der Waals surface area contributed by atoms with Gasteiger partial charge >= 0.3 is 0 Å². The smallest absolute Gasteiger partial charge is 0.220 e. The molecule has 1 aliphatic carbocycles. The fourth-order valence-electron chi connectivity index (χ4n) is 7.20. The van der Waals surface area contributed by atoms with Crippen molar-refractivity contribution in [2.24, 2.45) is 0 Å². The normalized spacial score (nSPS) is 15.6. The zero-order valence-electron chi connectivity index (χ0n) is 34.4. The molecule has 0 aromatic carbocycles. The van der Waals surface area contributed by atoms with Crippen LogP contribution in [0.4, 0.5) is 0 Å². The zero-order chi connectivity index (χ0) is 36.7. The lowest BCUT2D eigenvalue weighted by Crippen LogP contribution is -2.34. The minimum atomic E-state index is 0.151. The van der Waals surface area contributed by atoms with Crippen molar-refractivity contribution in [3.8, 4) is 0 Å². The molecule has 0 radical (unpaired) electrons. The van der Waals surface area contributed by atoms with Crippen molar-refractivity contribution in [2.75, 3.05) is 0 Å². The summed E-state index contributed by atoms with van der Waals surface area (Å²) < 4.78 is 0. The molecule has 1 rings (SSSR count). The Hall–Kier alpha value is -1.58. The van der Waals surface area contributed by atoms with Crippen LogP contribution in [0, 0.1) is 0 Å². The maximum Gasteiger partial charge on any atom is 0.220 e. The molecule has 1 saturated carbocycles. The van der Waals surface area contributed by atoms with E-state index < -0.39 is 0 Å². The lowest BCUT2D eigenvalue weighted by molar-refractivity contribution is -0.123. The van der Waals surface area contributed by atoms with E-state index in [-0.39, 0.29) is 23.9 Å². The van der Waals surface area contributed by atoms with E-state index >= 15 is 0 Å². The van der Waals surface area contributed by atoms with Gasteiger partial charge in [-0.1, -0.05) is 192 Å². The summed E-state index contributed by atoms with van der Waals surface area (Å²) in [4.78, 5) is 24.7. The zero-order valence-corrected chi connectivity index (χ0v) is 34.4. The summed E-state index contributed by atoms with van der Waals surface area (Å²) in [6, 6.07) is 0.303. The SMILES string of the molecule is CCCCCCCCC=CCCCCCCCCCCCC(=O)N[C@H]1C[C@H]1NC(=O)CCCCCCCCCCCC=CCCCCCCCC. The predicted molar refractivity (Wildman–Crippen MR) is 224 cm³/mol. The van der Waals surface area contributed by atoms with Crippen LogP contribution < -0.4 is 10.6 Å². The predicted octanol–water partition coefficient (Wildman–Crippen LogP) is 14.6. The van der Waals surface area contributed by atoms with E-state index in [1.807, 2.05) is 0 Å². The summed E-state index contributed by atoms with van der Waals surface area (Å²) in [6.07, 6.45) is 56.4. The second-order valence-electron chi connectivity index (χ2n) is 16.1. The standard InChI is InChI=1S/C47H88N2O2/c1-3-5-7-9-11-13-15-17-19-21-23-25-27-29-31-33-35-37-39-41-46(50)48-44-43-45(44)49-47(51)42-40-38-36-34-32-30-28-26-24-22-20-18-16-14-12-10-8-6-4-2/h17-20,44-45H,3-16,21-43H2,1-2H3,(H,48,50)(H,49,51)/t44-,45+. The Balaban J connectivity index is 1.78. The number of hydrogen-bond acceptors (Lipinski definition) is 2. The molecular weight excluding hydrogens is 625 g/mol. The minimum Gasteiger partial charge on any atom is -0.351 e. The summed E-state index contributed by atoms with van der Waals surface area (Å²) in [5.41, 5.74) is 0. The van der Waals surface area contributed by atoms with Crippen molar-refractivity contribution in [3.05, 3.63) is 24.3 Å². The first-order valence-electron chi connectivity index (χ1n) is 23.1. The van der Waals surface area contributed by atoms with Crippen molar-refractivity contribution in [2.45, 2.75) is 264 Å². The number of allylic oxidation sites excluding steroid dienone is 4. The summed E-state index contributed by atoms with van der Waals surface area (Å²) >= 11 is 0. The maximum absolute atomic E-state index is 12.3. The van der Waals surface area contributed by atoms with E-state index in [9.17, 15) is 9.59 Å². The lowest BCUT2D eigenvalue weighted by Gasteiger charge is -2.07. The molecule has 0 saturated heterocycles. The van der Waals surface area contributed by atoms with Gasteiger partial charge < -0.3 is 10.6 Å². The van der Waals surface area contributed by atoms with Crippen LogP contribution in [0.2, 0.25) is 0 Å². The van der Waals surface area contributed by atoms with E-state index in [2.05, 4.69) is 48.8 Å². The fraction of sp³-hybridized carbons (Fsp3) is 0.872. The average Bonchev–Trinajstić information content (AvgIpc) is 3.86. The molecule has 4 nitrogen and oxygen atoms in total. The number of rotatable bonds is 40. The van der Waals surface area contributed by atoms with Crippen LogP contribution in [-0.4, -0.2) is 23.9 Å². The van der Waals surface area contributed by atoms with Crippen LogP contribution in [-0.2, 0) is 9.59 Å². The molecule has 0 aromatic rings. The molecule has 0 aromatic heterocycles. The van der Waals surface area contributed by atoms with Crippen LogP contribution in [0.3, 0.4) is 0 Å². The van der Waals surface area contributed by atoms with Gasteiger partial charge in [-0.05, 0) is 70.6 Å². The minimum absolute atomic E-state index is 0.151. The Morgan fingerprint density at radius 1 is 0.373 bits per heavy atom. The number of unbranched alkanes of at least 4 members (excludes halogenated alkanes) is 30. The third-order valence-corrected chi connectivity index (χ3v) is 10.8. The van der Waals surface area contributed by atoms with E-state index in [1.54, 1.807) is 0 Å². The number of carbonyl (C=O) groups is 2. The van der Waals surface area contributed by atoms with Gasteiger partial charge in [0.1, 0.15) is 0 Å². The highest BCUT2D eigenvalue weighted by molar-refractivity contribution is 5.78. The van der Waals surface area contributed by atoms with E-state index in [1.165, 1.54) is 193 Å². The summed E-state index contributed by atoms with van der Waals surface area (Å²) in [5, 5.41) is 6.27. The molecular formula is C47H88N2O2. The first-order valence-corrected chi connectivity index (χ1v) is 23.1. The molecule has 4 heteroatoms. The van der Waals surface area contributed by atoms with Crippen LogP contribution in [0.15, 0.2) is 24.3 Å². The third kappa shape index (κ3) is 35.2. The van der Waals surface area contributed by atoms with Gasteiger partial charge in [-0.25, -0.2) is 0 Å². The Morgan fingerprint density at radius 3 is 0.882 bits per heavy atom. The summed E-state index contributed by atoms with van der Waals surface area (Å²) in [7, 11) is 0. The highest BCUT2D eigenvalue weighted by atomic mass is 16.2. The molecule has 1 aliphatic rings. The summed E-state index contributed by atoms with van der Waals surface area (Å²) in [5.74, 6) is 0.321. The van der Waals surface area contributed by atoms with E-state index in [4.69, 9.17) is 0 Å². The number of amides is 2. The van der Waals surface area contributed by atoms with Gasteiger partial charge in [0.05, 0.1) is 12.1 Å². The van der Waals surface area contributed by atoms with Crippen molar-refractivity contribution in [1.82, 2.24) is 10.6 Å². The van der Waals surface area contributed by atoms with Crippen molar-refractivity contribution < 1.29 is 9.59 Å². The van der Waals surface area contributed by atoms with Gasteiger partial charge in [-0.2, -0.15) is 0 Å². The average molecular weight is 713 g/mol. The van der Waals surface area contributed by atoms with Gasteiger partial charge in [-0.15, -0.1) is 0 Å². The van der Waals surface area contributed by atoms with Gasteiger partial charge in [0, 0.05) is 12.8 Å². The van der Waals surface area contributed by atoms with Gasteiger partial charge in [0.25, 0.3) is 0 Å². The molecule has 1 fully saturated rings. The van der Waals surface area contributed by atoms with Crippen molar-refractivity contribution in [3.63, 3.8) is 0 Å². The number of hydrogen-bond donors (Lipinski definition) is 2. The molecule has 298 valence electrons. The molecule has 0 heterocycles. The Kier molecular flexibility index (Phi) is 35.5. The fourth-order valence-corrected chi connectivity index (χ4v) is 7.20. The monoisotopic (exact) mass is 713 g/mol. The quantitative estimate of drug-likeness (QED) is 0.0491. The Morgan fingerprint density at radius 2 is 0.608 bits per heavy atom. The van der Waals surface area contributed by atoms with Gasteiger partial charge in [0.15, 0.2) is 0 Å². The summed E-state index contributed by atoms with van der Waals surface area (Å²) in [6.45, 7) is 4.56. The number of carbonyl (C=O) groups excluding carboxylic acids is 2. The highest BCUT2D eigenvalue weighted by Gasteiger charge is 2.39. The molecule has 0 bridgehead atoms. The molecule has 2 N–H and O–H groups in total. The van der Waals surface area contributed by atoms with Crippen molar-refractivity contribution >= 4 is 11.8 Å². The van der Waals surface area contributed by atoms with Crippen LogP contribution in [0.5, 0.6) is 0 Å². The van der Waals surface area contributed by atoms with Crippen molar-refractivity contribution in [1.29, 1.82) is 0 Å². The lowest BCUT2D eigenvalue weighted by atomic mass is 10.1. The first-order chi connectivity index (χ1) is 25.2.